The highest BCUT2D eigenvalue weighted by molar-refractivity contribution is 5.93. The molecule has 36 heavy (non-hydrogen) atoms. The zero-order valence-electron chi connectivity index (χ0n) is 21.5. The van der Waals surface area contributed by atoms with Crippen molar-refractivity contribution in [3.63, 3.8) is 0 Å². The van der Waals surface area contributed by atoms with Crippen LogP contribution in [-0.4, -0.2) is 72.3 Å². The molecule has 10 heteroatoms. The van der Waals surface area contributed by atoms with E-state index in [4.69, 9.17) is 14.2 Å². The molecule has 10 nitrogen and oxygen atoms in total. The fourth-order valence-corrected chi connectivity index (χ4v) is 3.63. The maximum absolute atomic E-state index is 13.1. The molecule has 3 atom stereocenters. The summed E-state index contributed by atoms with van der Waals surface area (Å²) in [5.41, 5.74) is 0.0998. The maximum atomic E-state index is 13.1. The molecule has 1 fully saturated rings. The second-order valence-corrected chi connectivity index (χ2v) is 9.54. The number of likely N-dealkylation sites (tertiary alicyclic amines) is 1. The van der Waals surface area contributed by atoms with E-state index in [1.165, 1.54) is 17.9 Å². The predicted molar refractivity (Wildman–Crippen MR) is 133 cm³/mol. The fraction of sp³-hybridized carbons (Fsp3) is 0.538. The SMILES string of the molecule is C=CCOC[C@H](NC(=O)[C@@H]1CCCN1C(=O)[C@H](C)NC(=O)OC(C)(C)C)C(=O)OCc1ccccc1. The molecular formula is C26H37N3O7. The maximum Gasteiger partial charge on any atom is 0.408 e. The largest absolute Gasteiger partial charge is 0.459 e. The molecule has 2 N–H and O–H groups in total. The van der Waals surface area contributed by atoms with Gasteiger partial charge in [-0.3, -0.25) is 9.59 Å². The van der Waals surface area contributed by atoms with Gasteiger partial charge >= 0.3 is 12.1 Å². The second-order valence-electron chi connectivity index (χ2n) is 9.54. The van der Waals surface area contributed by atoms with E-state index in [2.05, 4.69) is 17.2 Å². The van der Waals surface area contributed by atoms with Crippen LogP contribution in [-0.2, 0) is 35.2 Å². The summed E-state index contributed by atoms with van der Waals surface area (Å²) in [6.07, 6.45) is 1.85. The number of amides is 3. The minimum Gasteiger partial charge on any atom is -0.459 e. The second kappa shape index (κ2) is 13.6. The number of ether oxygens (including phenoxy) is 3. The quantitative estimate of drug-likeness (QED) is 0.270. The monoisotopic (exact) mass is 503 g/mol. The number of hydrogen-bond acceptors (Lipinski definition) is 7. The molecule has 198 valence electrons. The molecule has 1 aromatic rings. The Balaban J connectivity index is 2.01. The molecule has 3 amide bonds. The van der Waals surface area contributed by atoms with Crippen LogP contribution < -0.4 is 10.6 Å². The molecule has 0 unspecified atom stereocenters. The van der Waals surface area contributed by atoms with Crippen LogP contribution in [0.2, 0.25) is 0 Å². The van der Waals surface area contributed by atoms with Crippen molar-refractivity contribution >= 4 is 23.9 Å². The van der Waals surface area contributed by atoms with Crippen LogP contribution >= 0.6 is 0 Å². The van der Waals surface area contributed by atoms with Crippen molar-refractivity contribution in [3.05, 3.63) is 48.6 Å². The molecule has 0 bridgehead atoms. The van der Waals surface area contributed by atoms with E-state index in [0.717, 1.165) is 5.56 Å². The molecule has 0 spiro atoms. The van der Waals surface area contributed by atoms with E-state index >= 15 is 0 Å². The van der Waals surface area contributed by atoms with Gasteiger partial charge in [0.05, 0.1) is 13.2 Å². The number of carbonyl (C=O) groups excluding carboxylic acids is 4. The van der Waals surface area contributed by atoms with Gasteiger partial charge in [0, 0.05) is 6.54 Å². The normalized spacial score (nSPS) is 17.0. The highest BCUT2D eigenvalue weighted by atomic mass is 16.6. The first-order chi connectivity index (χ1) is 17.0. The van der Waals surface area contributed by atoms with Crippen molar-refractivity contribution in [2.45, 2.75) is 70.9 Å². The number of benzene rings is 1. The first-order valence-corrected chi connectivity index (χ1v) is 12.0. The third kappa shape index (κ3) is 9.33. The number of carbonyl (C=O) groups is 4. The molecule has 0 saturated carbocycles. The molecule has 0 aromatic heterocycles. The van der Waals surface area contributed by atoms with Crippen molar-refractivity contribution in [2.24, 2.45) is 0 Å². The predicted octanol–water partition coefficient (Wildman–Crippen LogP) is 2.32. The minimum atomic E-state index is -1.06. The smallest absolute Gasteiger partial charge is 0.408 e. The standard InChI is InChI=1S/C26H37N3O7/c1-6-15-34-17-20(24(32)35-16-19-11-8-7-9-12-19)28-22(30)21-13-10-14-29(21)23(31)18(2)27-25(33)36-26(3,4)5/h6-9,11-12,18,20-21H,1,10,13-17H2,2-5H3,(H,27,33)(H,28,30)/t18-,20-,21-/m0/s1. The lowest BCUT2D eigenvalue weighted by Crippen LogP contribution is -2.55. The summed E-state index contributed by atoms with van der Waals surface area (Å²) in [6.45, 7) is 10.8. The molecule has 2 rings (SSSR count). The number of nitrogens with zero attached hydrogens (tertiary/aromatic N) is 1. The molecule has 1 aliphatic rings. The van der Waals surface area contributed by atoms with Crippen molar-refractivity contribution < 1.29 is 33.4 Å². The Morgan fingerprint density at radius 3 is 2.50 bits per heavy atom. The summed E-state index contributed by atoms with van der Waals surface area (Å²) in [6, 6.07) is 6.43. The highest BCUT2D eigenvalue weighted by Crippen LogP contribution is 2.19. The van der Waals surface area contributed by atoms with Crippen LogP contribution in [0.1, 0.15) is 46.1 Å². The molecule has 0 aliphatic carbocycles. The van der Waals surface area contributed by atoms with Crippen molar-refractivity contribution in [1.29, 1.82) is 0 Å². The van der Waals surface area contributed by atoms with Gasteiger partial charge in [0.2, 0.25) is 11.8 Å². The lowest BCUT2D eigenvalue weighted by molar-refractivity contribution is -0.151. The van der Waals surface area contributed by atoms with E-state index in [9.17, 15) is 19.2 Å². The number of alkyl carbamates (subject to hydrolysis) is 1. The fourth-order valence-electron chi connectivity index (χ4n) is 3.63. The molecular weight excluding hydrogens is 466 g/mol. The topological polar surface area (TPSA) is 123 Å². The molecule has 1 heterocycles. The first kappa shape index (κ1) is 28.8. The van der Waals surface area contributed by atoms with Crippen LogP contribution in [0.15, 0.2) is 43.0 Å². The van der Waals surface area contributed by atoms with Crippen LogP contribution in [0.5, 0.6) is 0 Å². The lowest BCUT2D eigenvalue weighted by Gasteiger charge is -2.29. The summed E-state index contributed by atoms with van der Waals surface area (Å²) in [5, 5.41) is 5.18. The summed E-state index contributed by atoms with van der Waals surface area (Å²) < 4.78 is 16.0. The van der Waals surface area contributed by atoms with Crippen molar-refractivity contribution in [2.75, 3.05) is 19.8 Å². The van der Waals surface area contributed by atoms with Crippen LogP contribution in [0.3, 0.4) is 0 Å². The third-order valence-electron chi connectivity index (χ3n) is 5.29. The zero-order chi connectivity index (χ0) is 26.7. The van der Waals surface area contributed by atoms with E-state index < -0.39 is 47.6 Å². The van der Waals surface area contributed by atoms with Gasteiger partial charge in [0.25, 0.3) is 0 Å². The summed E-state index contributed by atoms with van der Waals surface area (Å²) in [7, 11) is 0. The molecule has 1 saturated heterocycles. The van der Waals surface area contributed by atoms with Crippen molar-refractivity contribution in [1.82, 2.24) is 15.5 Å². The number of hydrogen-bond donors (Lipinski definition) is 2. The van der Waals surface area contributed by atoms with Gasteiger partial charge < -0.3 is 29.7 Å². The molecule has 0 radical (unpaired) electrons. The van der Waals surface area contributed by atoms with Crippen molar-refractivity contribution in [3.8, 4) is 0 Å². The highest BCUT2D eigenvalue weighted by Gasteiger charge is 2.38. The van der Waals surface area contributed by atoms with Gasteiger partial charge in [0.1, 0.15) is 24.3 Å². The van der Waals surface area contributed by atoms with Gasteiger partial charge in [-0.1, -0.05) is 36.4 Å². The van der Waals surface area contributed by atoms with Gasteiger partial charge in [-0.05, 0) is 46.1 Å². The van der Waals surface area contributed by atoms with E-state index in [0.29, 0.717) is 19.4 Å². The number of rotatable bonds is 11. The zero-order valence-corrected chi connectivity index (χ0v) is 21.5. The molecule has 1 aromatic carbocycles. The average Bonchev–Trinajstić information content (AvgIpc) is 3.31. The van der Waals surface area contributed by atoms with Gasteiger partial charge in [-0.2, -0.15) is 0 Å². The first-order valence-electron chi connectivity index (χ1n) is 12.0. The van der Waals surface area contributed by atoms with Crippen LogP contribution in [0.25, 0.3) is 0 Å². The van der Waals surface area contributed by atoms with Crippen LogP contribution in [0.4, 0.5) is 4.79 Å². The van der Waals surface area contributed by atoms with Crippen LogP contribution in [0, 0.1) is 0 Å². The number of nitrogens with one attached hydrogen (secondary N) is 2. The minimum absolute atomic E-state index is 0.0510. The Morgan fingerprint density at radius 1 is 1.17 bits per heavy atom. The number of esters is 1. The Kier molecular flexibility index (Phi) is 10.9. The Hall–Kier alpha value is -3.40. The van der Waals surface area contributed by atoms with E-state index in [-0.39, 0.29) is 19.8 Å². The summed E-state index contributed by atoms with van der Waals surface area (Å²) in [5.74, 6) is -1.55. The summed E-state index contributed by atoms with van der Waals surface area (Å²) in [4.78, 5) is 52.3. The Bertz CT molecular complexity index is 914. The summed E-state index contributed by atoms with van der Waals surface area (Å²) >= 11 is 0. The lowest BCUT2D eigenvalue weighted by atomic mass is 10.1. The van der Waals surface area contributed by atoms with E-state index in [1.54, 1.807) is 20.8 Å². The van der Waals surface area contributed by atoms with E-state index in [1.807, 2.05) is 30.3 Å². The Morgan fingerprint density at radius 2 is 1.86 bits per heavy atom. The van der Waals surface area contributed by atoms with Gasteiger partial charge in [0.15, 0.2) is 6.04 Å². The Labute approximate surface area is 212 Å². The molecule has 1 aliphatic heterocycles. The average molecular weight is 504 g/mol. The van der Waals surface area contributed by atoms with Gasteiger partial charge in [-0.15, -0.1) is 6.58 Å². The van der Waals surface area contributed by atoms with Gasteiger partial charge in [-0.25, -0.2) is 9.59 Å². The third-order valence-corrected chi connectivity index (χ3v) is 5.29.